The molecule has 1 aliphatic rings. The van der Waals surface area contributed by atoms with Crippen molar-refractivity contribution in [2.24, 2.45) is 0 Å². The Bertz CT molecular complexity index is 603. The predicted octanol–water partition coefficient (Wildman–Crippen LogP) is 4.51. The summed E-state index contributed by atoms with van der Waals surface area (Å²) in [5.74, 6) is -0.0740. The van der Waals surface area contributed by atoms with Crippen LogP contribution in [0.15, 0.2) is 41.8 Å². The van der Waals surface area contributed by atoms with Crippen LogP contribution in [-0.4, -0.2) is 23.4 Å². The molecule has 0 spiro atoms. The first kappa shape index (κ1) is 15.2. The molecule has 0 bridgehead atoms. The van der Waals surface area contributed by atoms with E-state index in [0.29, 0.717) is 12.6 Å². The van der Waals surface area contributed by atoms with Crippen LogP contribution in [0.25, 0.3) is 0 Å². The van der Waals surface area contributed by atoms with Gasteiger partial charge < -0.3 is 4.90 Å². The van der Waals surface area contributed by atoms with Crippen molar-refractivity contribution < 1.29 is 9.18 Å². The van der Waals surface area contributed by atoms with Gasteiger partial charge in [0.15, 0.2) is 0 Å². The predicted molar refractivity (Wildman–Crippen MR) is 87.7 cm³/mol. The molecule has 0 saturated heterocycles. The highest BCUT2D eigenvalue weighted by molar-refractivity contribution is 7.12. The molecule has 0 N–H and O–H groups in total. The van der Waals surface area contributed by atoms with E-state index in [1.807, 2.05) is 22.4 Å². The SMILES string of the molecule is O=C(c1cccs1)N(CCc1ccc(F)cc1)C1CCCC1. The molecule has 1 aromatic carbocycles. The van der Waals surface area contributed by atoms with E-state index in [4.69, 9.17) is 0 Å². The summed E-state index contributed by atoms with van der Waals surface area (Å²) in [5, 5.41) is 1.94. The van der Waals surface area contributed by atoms with Gasteiger partial charge in [-0.15, -0.1) is 11.3 Å². The maximum Gasteiger partial charge on any atom is 0.264 e. The number of thiophene rings is 1. The molecule has 2 nitrogen and oxygen atoms in total. The lowest BCUT2D eigenvalue weighted by Gasteiger charge is -2.28. The van der Waals surface area contributed by atoms with E-state index in [-0.39, 0.29) is 11.7 Å². The number of nitrogens with zero attached hydrogens (tertiary/aromatic N) is 1. The molecule has 1 heterocycles. The topological polar surface area (TPSA) is 20.3 Å². The summed E-state index contributed by atoms with van der Waals surface area (Å²) >= 11 is 1.50. The molecule has 1 amide bonds. The van der Waals surface area contributed by atoms with Gasteiger partial charge in [-0.05, 0) is 48.4 Å². The van der Waals surface area contributed by atoms with Crippen molar-refractivity contribution in [3.05, 3.63) is 58.0 Å². The number of carbonyl (C=O) groups excluding carboxylic acids is 1. The van der Waals surface area contributed by atoms with Gasteiger partial charge in [-0.2, -0.15) is 0 Å². The summed E-state index contributed by atoms with van der Waals surface area (Å²) < 4.78 is 13.0. The van der Waals surface area contributed by atoms with Crippen molar-refractivity contribution in [2.75, 3.05) is 6.54 Å². The molecular weight excluding hydrogens is 297 g/mol. The van der Waals surface area contributed by atoms with Gasteiger partial charge in [0.2, 0.25) is 0 Å². The van der Waals surface area contributed by atoms with Gasteiger partial charge in [-0.25, -0.2) is 4.39 Å². The van der Waals surface area contributed by atoms with Gasteiger partial charge in [0.25, 0.3) is 5.91 Å². The fraction of sp³-hybridized carbons (Fsp3) is 0.389. The van der Waals surface area contributed by atoms with Crippen molar-refractivity contribution in [1.82, 2.24) is 4.90 Å². The number of hydrogen-bond acceptors (Lipinski definition) is 2. The Morgan fingerprint density at radius 2 is 1.91 bits per heavy atom. The first-order valence-corrected chi connectivity index (χ1v) is 8.71. The summed E-state index contributed by atoms with van der Waals surface area (Å²) in [6.45, 7) is 0.701. The van der Waals surface area contributed by atoms with Crippen LogP contribution in [-0.2, 0) is 6.42 Å². The molecule has 4 heteroatoms. The molecule has 0 radical (unpaired) electrons. The fourth-order valence-corrected chi connectivity index (χ4v) is 3.79. The standard InChI is InChI=1S/C18H20FNOS/c19-15-9-7-14(8-10-15)11-12-20(16-4-1-2-5-16)18(21)17-6-3-13-22-17/h3,6-10,13,16H,1-2,4-5,11-12H2. The zero-order valence-corrected chi connectivity index (χ0v) is 13.3. The summed E-state index contributed by atoms with van der Waals surface area (Å²) in [6, 6.07) is 10.7. The fourth-order valence-electron chi connectivity index (χ4n) is 3.11. The third-order valence-corrected chi connectivity index (χ3v) is 5.17. The largest absolute Gasteiger partial charge is 0.335 e. The second-order valence-corrected chi connectivity index (χ2v) is 6.74. The third-order valence-electron chi connectivity index (χ3n) is 4.31. The van der Waals surface area contributed by atoms with Crippen LogP contribution in [0.3, 0.4) is 0 Å². The Labute approximate surface area is 134 Å². The Hall–Kier alpha value is -1.68. The lowest BCUT2D eigenvalue weighted by Crippen LogP contribution is -2.39. The van der Waals surface area contributed by atoms with Gasteiger partial charge in [0.05, 0.1) is 4.88 Å². The van der Waals surface area contributed by atoms with Crippen molar-refractivity contribution in [3.63, 3.8) is 0 Å². The number of amides is 1. The minimum Gasteiger partial charge on any atom is -0.335 e. The van der Waals surface area contributed by atoms with Crippen molar-refractivity contribution in [3.8, 4) is 0 Å². The molecule has 1 aliphatic carbocycles. The minimum absolute atomic E-state index is 0.143. The first-order valence-electron chi connectivity index (χ1n) is 7.83. The van der Waals surface area contributed by atoms with E-state index in [9.17, 15) is 9.18 Å². The molecule has 0 aliphatic heterocycles. The van der Waals surface area contributed by atoms with E-state index in [0.717, 1.165) is 29.7 Å². The third kappa shape index (κ3) is 3.55. The number of halogens is 1. The highest BCUT2D eigenvalue weighted by Crippen LogP contribution is 2.26. The zero-order valence-electron chi connectivity index (χ0n) is 12.5. The minimum atomic E-state index is -0.217. The number of carbonyl (C=O) groups is 1. The maximum atomic E-state index is 13.0. The molecule has 2 aromatic rings. The van der Waals surface area contributed by atoms with Crippen LogP contribution < -0.4 is 0 Å². The van der Waals surface area contributed by atoms with Crippen molar-refractivity contribution in [1.29, 1.82) is 0 Å². The van der Waals surface area contributed by atoms with Crippen molar-refractivity contribution in [2.45, 2.75) is 38.1 Å². The van der Waals surface area contributed by atoms with Crippen LogP contribution in [0, 0.1) is 5.82 Å². The molecule has 3 rings (SSSR count). The Kier molecular flexibility index (Phi) is 4.88. The average molecular weight is 317 g/mol. The monoisotopic (exact) mass is 317 g/mol. The van der Waals surface area contributed by atoms with Crippen molar-refractivity contribution >= 4 is 17.2 Å². The lowest BCUT2D eigenvalue weighted by molar-refractivity contribution is 0.0689. The molecule has 22 heavy (non-hydrogen) atoms. The quantitative estimate of drug-likeness (QED) is 0.794. The van der Waals surface area contributed by atoms with Crippen LogP contribution in [0.4, 0.5) is 4.39 Å². The van der Waals surface area contributed by atoms with Gasteiger partial charge in [-0.3, -0.25) is 4.79 Å². The summed E-state index contributed by atoms with van der Waals surface area (Å²) in [6.07, 6.45) is 5.37. The second-order valence-electron chi connectivity index (χ2n) is 5.79. The van der Waals surface area contributed by atoms with Crippen LogP contribution >= 0.6 is 11.3 Å². The maximum absolute atomic E-state index is 13.0. The smallest absolute Gasteiger partial charge is 0.264 e. The molecule has 0 unspecified atom stereocenters. The highest BCUT2D eigenvalue weighted by atomic mass is 32.1. The number of hydrogen-bond donors (Lipinski definition) is 0. The molecule has 1 saturated carbocycles. The van der Waals surface area contributed by atoms with E-state index in [1.54, 1.807) is 12.1 Å². The van der Waals surface area contributed by atoms with E-state index in [1.165, 1.54) is 36.3 Å². The van der Waals surface area contributed by atoms with E-state index >= 15 is 0 Å². The molecule has 1 fully saturated rings. The number of rotatable bonds is 5. The normalized spacial score (nSPS) is 15.1. The number of benzene rings is 1. The Balaban J connectivity index is 1.71. The zero-order chi connectivity index (χ0) is 15.4. The summed E-state index contributed by atoms with van der Waals surface area (Å²) in [7, 11) is 0. The second kappa shape index (κ2) is 7.05. The first-order chi connectivity index (χ1) is 10.7. The molecular formula is C18H20FNOS. The van der Waals surface area contributed by atoms with Crippen LogP contribution in [0.2, 0.25) is 0 Å². The Morgan fingerprint density at radius 1 is 1.18 bits per heavy atom. The van der Waals surface area contributed by atoms with Gasteiger partial charge in [0.1, 0.15) is 5.82 Å². The lowest BCUT2D eigenvalue weighted by atomic mass is 10.1. The molecule has 0 atom stereocenters. The van der Waals surface area contributed by atoms with E-state index < -0.39 is 0 Å². The molecule has 1 aromatic heterocycles. The highest BCUT2D eigenvalue weighted by Gasteiger charge is 2.27. The van der Waals surface area contributed by atoms with Crippen LogP contribution in [0.5, 0.6) is 0 Å². The summed E-state index contributed by atoms with van der Waals surface area (Å²) in [4.78, 5) is 15.6. The van der Waals surface area contributed by atoms with Crippen LogP contribution in [0.1, 0.15) is 40.9 Å². The van der Waals surface area contributed by atoms with Gasteiger partial charge in [0, 0.05) is 12.6 Å². The summed E-state index contributed by atoms with van der Waals surface area (Å²) in [5.41, 5.74) is 1.07. The molecule has 116 valence electrons. The van der Waals surface area contributed by atoms with Gasteiger partial charge >= 0.3 is 0 Å². The van der Waals surface area contributed by atoms with Gasteiger partial charge in [-0.1, -0.05) is 31.0 Å². The Morgan fingerprint density at radius 3 is 2.55 bits per heavy atom. The average Bonchev–Trinajstić information content (AvgIpc) is 3.22. The van der Waals surface area contributed by atoms with E-state index in [2.05, 4.69) is 0 Å².